The molecule has 0 fully saturated rings. The summed E-state index contributed by atoms with van der Waals surface area (Å²) in [6.07, 6.45) is 4.45. The molecule has 4 aromatic rings. The van der Waals surface area contributed by atoms with Crippen LogP contribution >= 0.6 is 39.1 Å². The number of nitrogens with zero attached hydrogens (tertiary/aromatic N) is 4. The number of anilines is 1. The quantitative estimate of drug-likeness (QED) is 0.380. The molecule has 0 radical (unpaired) electrons. The molecule has 0 bridgehead atoms. The summed E-state index contributed by atoms with van der Waals surface area (Å²) in [5.74, 6) is -0.436. The highest BCUT2D eigenvalue weighted by atomic mass is 79.9. The molecule has 0 aliphatic heterocycles. The van der Waals surface area contributed by atoms with Gasteiger partial charge in [-0.05, 0) is 41.5 Å². The Balaban J connectivity index is 1.56. The Morgan fingerprint density at radius 3 is 2.47 bits per heavy atom. The van der Waals surface area contributed by atoms with Gasteiger partial charge in [0.2, 0.25) is 0 Å². The number of hydrogen-bond acceptors (Lipinski definition) is 4. The molecule has 2 heterocycles. The van der Waals surface area contributed by atoms with Crippen molar-refractivity contribution in [1.29, 1.82) is 0 Å². The maximum absolute atomic E-state index is 13.3. The molecule has 0 saturated carbocycles. The van der Waals surface area contributed by atoms with Crippen molar-refractivity contribution in [3.8, 4) is 16.9 Å². The molecule has 1 amide bonds. The van der Waals surface area contributed by atoms with Crippen LogP contribution in [-0.2, 0) is 0 Å². The van der Waals surface area contributed by atoms with Crippen molar-refractivity contribution in [2.75, 3.05) is 5.32 Å². The number of benzene rings is 2. The minimum absolute atomic E-state index is 0.248. The number of rotatable bonds is 4. The Morgan fingerprint density at radius 1 is 1.03 bits per heavy atom. The van der Waals surface area contributed by atoms with Gasteiger partial charge in [-0.3, -0.25) is 4.79 Å². The zero-order valence-corrected chi connectivity index (χ0v) is 18.1. The standard InChI is InChI=1S/C20H11BrCl2FN5O/c21-16-8-12(24)2-4-14(16)11-1-3-15(17(22)7-11)20(30)28-13-9-18(23)19(25-10-13)29-26-5-6-27-29/h1-10H,(H,28,30). The zero-order chi connectivity index (χ0) is 21.3. The second-order valence-corrected chi connectivity index (χ2v) is 7.79. The molecule has 30 heavy (non-hydrogen) atoms. The van der Waals surface area contributed by atoms with Gasteiger partial charge in [-0.15, -0.1) is 4.80 Å². The van der Waals surface area contributed by atoms with Gasteiger partial charge in [-0.25, -0.2) is 9.37 Å². The van der Waals surface area contributed by atoms with Crippen molar-refractivity contribution in [2.24, 2.45) is 0 Å². The van der Waals surface area contributed by atoms with E-state index in [0.717, 1.165) is 11.1 Å². The third kappa shape index (κ3) is 4.21. The van der Waals surface area contributed by atoms with Crippen molar-refractivity contribution in [3.63, 3.8) is 0 Å². The molecule has 1 N–H and O–H groups in total. The molecule has 150 valence electrons. The highest BCUT2D eigenvalue weighted by molar-refractivity contribution is 9.10. The molecule has 10 heteroatoms. The minimum Gasteiger partial charge on any atom is -0.320 e. The summed E-state index contributed by atoms with van der Waals surface area (Å²) in [7, 11) is 0. The SMILES string of the molecule is O=C(Nc1cnc(-n2nccn2)c(Cl)c1)c1ccc(-c2ccc(F)cc2Br)cc1Cl. The first-order valence-corrected chi connectivity index (χ1v) is 10.1. The lowest BCUT2D eigenvalue weighted by Gasteiger charge is -2.10. The number of pyridine rings is 1. The first-order valence-electron chi connectivity index (χ1n) is 8.51. The van der Waals surface area contributed by atoms with Crippen molar-refractivity contribution in [1.82, 2.24) is 20.0 Å². The van der Waals surface area contributed by atoms with E-state index in [0.29, 0.717) is 16.0 Å². The van der Waals surface area contributed by atoms with E-state index in [1.807, 2.05) is 0 Å². The molecule has 0 saturated heterocycles. The lowest BCUT2D eigenvalue weighted by Crippen LogP contribution is -2.13. The van der Waals surface area contributed by atoms with E-state index in [1.165, 1.54) is 35.5 Å². The lowest BCUT2D eigenvalue weighted by atomic mass is 10.0. The average Bonchev–Trinajstić information content (AvgIpc) is 3.22. The van der Waals surface area contributed by atoms with Gasteiger partial charge in [-0.2, -0.15) is 10.2 Å². The van der Waals surface area contributed by atoms with Gasteiger partial charge in [-0.1, -0.05) is 51.3 Å². The molecule has 4 rings (SSSR count). The number of amides is 1. The zero-order valence-electron chi connectivity index (χ0n) is 15.0. The van der Waals surface area contributed by atoms with E-state index in [-0.39, 0.29) is 21.4 Å². The summed E-state index contributed by atoms with van der Waals surface area (Å²) in [4.78, 5) is 18.1. The van der Waals surface area contributed by atoms with Crippen LogP contribution in [-0.4, -0.2) is 25.9 Å². The molecule has 0 atom stereocenters. The monoisotopic (exact) mass is 505 g/mol. The molecule has 2 aromatic carbocycles. The van der Waals surface area contributed by atoms with Gasteiger partial charge < -0.3 is 5.32 Å². The Labute approximate surface area is 188 Å². The second kappa shape index (κ2) is 8.51. The van der Waals surface area contributed by atoms with Gasteiger partial charge in [0.15, 0.2) is 5.82 Å². The van der Waals surface area contributed by atoms with Crippen molar-refractivity contribution >= 4 is 50.7 Å². The van der Waals surface area contributed by atoms with Gasteiger partial charge >= 0.3 is 0 Å². The van der Waals surface area contributed by atoms with E-state index in [1.54, 1.807) is 30.3 Å². The summed E-state index contributed by atoms with van der Waals surface area (Å²) >= 11 is 15.9. The summed E-state index contributed by atoms with van der Waals surface area (Å²) in [6.45, 7) is 0. The highest BCUT2D eigenvalue weighted by Crippen LogP contribution is 2.32. The number of aromatic nitrogens is 4. The van der Waals surface area contributed by atoms with Crippen molar-refractivity contribution in [2.45, 2.75) is 0 Å². The highest BCUT2D eigenvalue weighted by Gasteiger charge is 2.15. The smallest absolute Gasteiger partial charge is 0.257 e. The Bertz CT molecular complexity index is 1250. The van der Waals surface area contributed by atoms with Crippen LogP contribution in [0.5, 0.6) is 0 Å². The van der Waals surface area contributed by atoms with E-state index in [9.17, 15) is 9.18 Å². The lowest BCUT2D eigenvalue weighted by molar-refractivity contribution is 0.102. The number of carbonyl (C=O) groups excluding carboxylic acids is 1. The largest absolute Gasteiger partial charge is 0.320 e. The van der Waals surface area contributed by atoms with E-state index < -0.39 is 5.91 Å². The van der Waals surface area contributed by atoms with E-state index in [4.69, 9.17) is 23.2 Å². The number of hydrogen-bond donors (Lipinski definition) is 1. The van der Waals surface area contributed by atoms with Crippen LogP contribution < -0.4 is 5.32 Å². The van der Waals surface area contributed by atoms with Crippen LogP contribution in [0.25, 0.3) is 16.9 Å². The maximum atomic E-state index is 13.3. The molecule has 0 spiro atoms. The number of carbonyl (C=O) groups is 1. The van der Waals surface area contributed by atoms with Crippen LogP contribution in [0.4, 0.5) is 10.1 Å². The summed E-state index contributed by atoms with van der Waals surface area (Å²) in [6, 6.07) is 10.9. The van der Waals surface area contributed by atoms with E-state index >= 15 is 0 Å². The predicted octanol–water partition coefficient (Wildman–Crippen LogP) is 5.79. The van der Waals surface area contributed by atoms with Crippen LogP contribution in [0.1, 0.15) is 10.4 Å². The Morgan fingerprint density at radius 2 is 1.80 bits per heavy atom. The van der Waals surface area contributed by atoms with Crippen LogP contribution in [0.15, 0.2) is 65.5 Å². The van der Waals surface area contributed by atoms with Crippen LogP contribution in [0, 0.1) is 5.82 Å². The predicted molar refractivity (Wildman–Crippen MR) is 117 cm³/mol. The average molecular weight is 507 g/mol. The summed E-state index contributed by atoms with van der Waals surface area (Å²) < 4.78 is 13.9. The summed E-state index contributed by atoms with van der Waals surface area (Å²) in [5.41, 5.74) is 2.16. The van der Waals surface area contributed by atoms with Crippen LogP contribution in [0.3, 0.4) is 0 Å². The Kier molecular flexibility index (Phi) is 5.80. The number of halogens is 4. The minimum atomic E-state index is -0.424. The molecule has 0 aliphatic rings. The fourth-order valence-corrected chi connectivity index (χ4v) is 3.85. The van der Waals surface area contributed by atoms with Crippen molar-refractivity contribution < 1.29 is 9.18 Å². The van der Waals surface area contributed by atoms with Gasteiger partial charge in [0.25, 0.3) is 5.91 Å². The first kappa shape index (κ1) is 20.5. The number of nitrogens with one attached hydrogen (secondary N) is 1. The van der Waals surface area contributed by atoms with Gasteiger partial charge in [0.1, 0.15) is 5.82 Å². The fraction of sp³-hybridized carbons (Fsp3) is 0. The van der Waals surface area contributed by atoms with E-state index in [2.05, 4.69) is 36.4 Å². The molecule has 0 aliphatic carbocycles. The van der Waals surface area contributed by atoms with Crippen LogP contribution in [0.2, 0.25) is 10.0 Å². The fourth-order valence-electron chi connectivity index (χ4n) is 2.76. The van der Waals surface area contributed by atoms with Crippen molar-refractivity contribution in [3.05, 3.63) is 87.0 Å². The summed E-state index contributed by atoms with van der Waals surface area (Å²) in [5, 5.41) is 11.2. The van der Waals surface area contributed by atoms with Gasteiger partial charge in [0.05, 0.1) is 39.9 Å². The molecule has 0 unspecified atom stereocenters. The first-order chi connectivity index (χ1) is 14.4. The maximum Gasteiger partial charge on any atom is 0.257 e. The third-order valence-corrected chi connectivity index (χ3v) is 5.39. The second-order valence-electron chi connectivity index (χ2n) is 6.12. The van der Waals surface area contributed by atoms with Gasteiger partial charge in [0, 0.05) is 4.47 Å². The topological polar surface area (TPSA) is 72.7 Å². The molecular formula is C20H11BrCl2FN5O. The Hall–Kier alpha value is -2.81. The molecule has 2 aromatic heterocycles. The third-order valence-electron chi connectivity index (χ3n) is 4.14. The molecular weight excluding hydrogens is 496 g/mol. The normalized spacial score (nSPS) is 10.8. The molecule has 6 nitrogen and oxygen atoms in total.